The standard InChI is InChI=1S/C48H92O18S/c1-4-6-8-10-12-14-16-18-20-22-24-26-28-34(29-27-25-23-21-19-17-15-13-11-9-7-5-2)32-60-46-42(56)45(65-47-40(54)39(53)37(51)33(3)61-47)43(36(31-50)63-46)64-48-41(55)44(66-67(57,58)59)38(52)35(30-49)62-48/h33-56H,4-32H2,1-3H3,(H,57,58,59)/t33-,35+,36+,37+,38-,39+,40-,41+,42+,43+,44-,45+,46+,47-,48-/m0/s1. The molecule has 3 aliphatic heterocycles. The molecule has 15 atom stereocenters. The fourth-order valence-electron chi connectivity index (χ4n) is 9.44. The second-order valence-corrected chi connectivity index (χ2v) is 20.4. The van der Waals surface area contributed by atoms with Crippen molar-refractivity contribution >= 4 is 10.4 Å². The lowest BCUT2D eigenvalue weighted by atomic mass is 9.94. The molecular weight excluding hydrogens is 897 g/mol. The molecule has 0 amide bonds. The Labute approximate surface area is 401 Å². The highest BCUT2D eigenvalue weighted by atomic mass is 32.3. The van der Waals surface area contributed by atoms with Crippen LogP contribution in [0.1, 0.15) is 188 Å². The summed E-state index contributed by atoms with van der Waals surface area (Å²) in [6, 6.07) is 0. The minimum atomic E-state index is -5.26. The predicted octanol–water partition coefficient (Wildman–Crippen LogP) is 5.10. The van der Waals surface area contributed by atoms with E-state index in [1.165, 1.54) is 122 Å². The van der Waals surface area contributed by atoms with Crippen LogP contribution in [0.4, 0.5) is 0 Å². The number of hydrogen-bond donors (Lipinski definition) is 9. The minimum Gasteiger partial charge on any atom is -0.394 e. The van der Waals surface area contributed by atoms with E-state index >= 15 is 0 Å². The molecule has 0 saturated carbocycles. The maximum absolute atomic E-state index is 11.9. The Balaban J connectivity index is 1.71. The predicted molar refractivity (Wildman–Crippen MR) is 249 cm³/mol. The molecule has 398 valence electrons. The maximum atomic E-state index is 11.9. The van der Waals surface area contributed by atoms with Crippen LogP contribution in [0.25, 0.3) is 0 Å². The Morgan fingerprint density at radius 1 is 0.463 bits per heavy atom. The third kappa shape index (κ3) is 21.9. The molecule has 0 bridgehead atoms. The van der Waals surface area contributed by atoms with E-state index in [0.29, 0.717) is 0 Å². The molecule has 0 aliphatic carbocycles. The second kappa shape index (κ2) is 33.9. The highest BCUT2D eigenvalue weighted by Crippen LogP contribution is 2.35. The zero-order valence-corrected chi connectivity index (χ0v) is 41.7. The van der Waals surface area contributed by atoms with E-state index in [-0.39, 0.29) is 12.5 Å². The molecule has 3 fully saturated rings. The SMILES string of the molecule is CCCCCCCCCCCCCCC(CCCCCCCCCCCCCC)CO[C@@H]1O[C@H](CO)[C@@H](O[C@@H]2O[C@H](CO)[C@H](O)[C@H](OS(=O)(=O)O)[C@H]2O)[C@H](O[C@@H]2O[C@@H](C)[C@@H](O)[C@@H](O)[C@@H]2O)[C@H]1O. The number of aliphatic hydroxyl groups excluding tert-OH is 8. The van der Waals surface area contributed by atoms with E-state index in [1.54, 1.807) is 0 Å². The van der Waals surface area contributed by atoms with Gasteiger partial charge in [0.25, 0.3) is 0 Å². The first-order valence-electron chi connectivity index (χ1n) is 26.0. The molecule has 0 unspecified atom stereocenters. The lowest BCUT2D eigenvalue weighted by Crippen LogP contribution is -2.67. The van der Waals surface area contributed by atoms with Crippen molar-refractivity contribution in [2.24, 2.45) is 5.92 Å². The van der Waals surface area contributed by atoms with Crippen molar-refractivity contribution in [3.05, 3.63) is 0 Å². The van der Waals surface area contributed by atoms with Gasteiger partial charge in [0.05, 0.1) is 25.9 Å². The molecule has 0 spiro atoms. The average molecular weight is 989 g/mol. The van der Waals surface area contributed by atoms with Crippen molar-refractivity contribution in [1.29, 1.82) is 0 Å². The molecule has 0 radical (unpaired) electrons. The van der Waals surface area contributed by atoms with Crippen LogP contribution >= 0.6 is 0 Å². The molecule has 0 aromatic rings. The van der Waals surface area contributed by atoms with Crippen LogP contribution in [0.2, 0.25) is 0 Å². The van der Waals surface area contributed by atoms with Crippen molar-refractivity contribution in [3.63, 3.8) is 0 Å². The van der Waals surface area contributed by atoms with Gasteiger partial charge in [0.1, 0.15) is 67.1 Å². The number of rotatable bonds is 37. The minimum absolute atomic E-state index is 0.122. The summed E-state index contributed by atoms with van der Waals surface area (Å²) in [4.78, 5) is 0. The smallest absolute Gasteiger partial charge is 0.394 e. The third-order valence-electron chi connectivity index (χ3n) is 13.7. The summed E-state index contributed by atoms with van der Waals surface area (Å²) in [6.45, 7) is 4.40. The summed E-state index contributed by atoms with van der Waals surface area (Å²) in [6.07, 6.45) is 6.02. The van der Waals surface area contributed by atoms with E-state index in [2.05, 4.69) is 18.0 Å². The summed E-state index contributed by atoms with van der Waals surface area (Å²) >= 11 is 0. The number of hydrogen-bond acceptors (Lipinski definition) is 17. The Kier molecular flexibility index (Phi) is 30.6. The number of aliphatic hydroxyl groups is 8. The van der Waals surface area contributed by atoms with Gasteiger partial charge in [-0.3, -0.25) is 4.55 Å². The Hall–Kier alpha value is -0.690. The van der Waals surface area contributed by atoms with Gasteiger partial charge in [-0.1, -0.05) is 168 Å². The van der Waals surface area contributed by atoms with Gasteiger partial charge in [-0.2, -0.15) is 8.42 Å². The number of ether oxygens (including phenoxy) is 6. The van der Waals surface area contributed by atoms with Crippen LogP contribution in [0.3, 0.4) is 0 Å². The first-order valence-corrected chi connectivity index (χ1v) is 27.4. The second-order valence-electron chi connectivity index (χ2n) is 19.3. The van der Waals surface area contributed by atoms with Crippen molar-refractivity contribution in [1.82, 2.24) is 0 Å². The van der Waals surface area contributed by atoms with Crippen LogP contribution in [0.15, 0.2) is 0 Å². The lowest BCUT2D eigenvalue weighted by molar-refractivity contribution is -0.385. The summed E-state index contributed by atoms with van der Waals surface area (Å²) in [5.41, 5.74) is 0. The molecular formula is C48H92O18S. The largest absolute Gasteiger partial charge is 0.397 e. The molecule has 3 rings (SSSR count). The van der Waals surface area contributed by atoms with E-state index in [9.17, 15) is 53.8 Å². The first-order chi connectivity index (χ1) is 32.2. The van der Waals surface area contributed by atoms with Crippen molar-refractivity contribution < 1.29 is 86.4 Å². The highest BCUT2D eigenvalue weighted by molar-refractivity contribution is 7.80. The third-order valence-corrected chi connectivity index (χ3v) is 14.1. The fraction of sp³-hybridized carbons (Fsp3) is 1.00. The van der Waals surface area contributed by atoms with E-state index in [0.717, 1.165) is 51.4 Å². The van der Waals surface area contributed by atoms with E-state index in [1.807, 2.05) is 0 Å². The van der Waals surface area contributed by atoms with E-state index in [4.69, 9.17) is 28.4 Å². The average Bonchev–Trinajstić information content (AvgIpc) is 3.30. The summed E-state index contributed by atoms with van der Waals surface area (Å²) in [7, 11) is -5.26. The van der Waals surface area contributed by atoms with Gasteiger partial charge in [0.15, 0.2) is 18.9 Å². The van der Waals surface area contributed by atoms with Crippen LogP contribution in [-0.4, -0.2) is 166 Å². The van der Waals surface area contributed by atoms with Gasteiger partial charge in [0, 0.05) is 0 Å². The Morgan fingerprint density at radius 3 is 1.31 bits per heavy atom. The molecule has 3 heterocycles. The number of unbranched alkanes of at least 4 members (excludes halogenated alkanes) is 22. The molecule has 0 aromatic heterocycles. The molecule has 9 N–H and O–H groups in total. The van der Waals surface area contributed by atoms with Gasteiger partial charge in [0.2, 0.25) is 0 Å². The van der Waals surface area contributed by atoms with Gasteiger partial charge >= 0.3 is 10.4 Å². The van der Waals surface area contributed by atoms with Crippen molar-refractivity contribution in [3.8, 4) is 0 Å². The van der Waals surface area contributed by atoms with Crippen molar-refractivity contribution in [2.75, 3.05) is 19.8 Å². The summed E-state index contributed by atoms with van der Waals surface area (Å²) < 4.78 is 72.9. The molecule has 18 nitrogen and oxygen atoms in total. The quantitative estimate of drug-likeness (QED) is 0.0289. The molecule has 67 heavy (non-hydrogen) atoms. The van der Waals surface area contributed by atoms with Gasteiger partial charge in [-0.05, 0) is 25.7 Å². The molecule has 3 saturated heterocycles. The van der Waals surface area contributed by atoms with Crippen LogP contribution in [0.5, 0.6) is 0 Å². The molecule has 19 heteroatoms. The fourth-order valence-corrected chi connectivity index (χ4v) is 9.95. The van der Waals surface area contributed by atoms with Gasteiger partial charge in [-0.15, -0.1) is 0 Å². The van der Waals surface area contributed by atoms with Crippen LogP contribution in [0, 0.1) is 5.92 Å². The van der Waals surface area contributed by atoms with Crippen LogP contribution in [-0.2, 0) is 43.0 Å². The normalized spacial score (nSPS) is 32.9. The topological polar surface area (TPSA) is 281 Å². The Morgan fingerprint density at radius 2 is 0.866 bits per heavy atom. The lowest BCUT2D eigenvalue weighted by Gasteiger charge is -2.49. The summed E-state index contributed by atoms with van der Waals surface area (Å²) in [5, 5.41) is 86.0. The maximum Gasteiger partial charge on any atom is 0.397 e. The zero-order valence-electron chi connectivity index (χ0n) is 40.9. The van der Waals surface area contributed by atoms with Crippen LogP contribution < -0.4 is 0 Å². The van der Waals surface area contributed by atoms with Gasteiger partial charge < -0.3 is 69.3 Å². The molecule has 3 aliphatic rings. The highest BCUT2D eigenvalue weighted by Gasteiger charge is 2.55. The molecule has 0 aromatic carbocycles. The monoisotopic (exact) mass is 989 g/mol. The van der Waals surface area contributed by atoms with E-state index < -0.39 is 116 Å². The van der Waals surface area contributed by atoms with Crippen molar-refractivity contribution in [2.45, 2.75) is 280 Å². The summed E-state index contributed by atoms with van der Waals surface area (Å²) in [5.74, 6) is 0.122. The first kappa shape index (κ1) is 60.6. The van der Waals surface area contributed by atoms with Gasteiger partial charge in [-0.25, -0.2) is 4.18 Å². The zero-order chi connectivity index (χ0) is 49.2. The Bertz CT molecular complexity index is 1320.